The smallest absolute Gasteiger partial charge is 0.0622 e. The highest BCUT2D eigenvalue weighted by molar-refractivity contribution is 5.92. The SMILES string of the molecule is C/N=C1/CCC2C3CC[C@@H]4C[C@](C)(O)CC[C@@H]4C3CC[C@]12C. The third-order valence-electron chi connectivity index (χ3n) is 8.25. The summed E-state index contributed by atoms with van der Waals surface area (Å²) in [5, 5.41) is 10.5. The van der Waals surface area contributed by atoms with Crippen molar-refractivity contribution in [2.24, 2.45) is 40.0 Å². The van der Waals surface area contributed by atoms with Crippen molar-refractivity contribution in [2.45, 2.75) is 77.2 Å². The molecule has 3 unspecified atom stereocenters. The van der Waals surface area contributed by atoms with Crippen LogP contribution in [0.1, 0.15) is 71.6 Å². The molecule has 0 spiro atoms. The summed E-state index contributed by atoms with van der Waals surface area (Å²) >= 11 is 0. The molecule has 4 aliphatic rings. The molecule has 2 heteroatoms. The first kappa shape index (κ1) is 15.2. The molecule has 0 radical (unpaired) electrons. The maximum absolute atomic E-state index is 10.5. The van der Waals surface area contributed by atoms with E-state index >= 15 is 0 Å². The number of hydrogen-bond donors (Lipinski definition) is 1. The zero-order valence-electron chi connectivity index (χ0n) is 14.6. The number of rotatable bonds is 0. The molecule has 124 valence electrons. The first-order chi connectivity index (χ1) is 10.4. The van der Waals surface area contributed by atoms with Crippen molar-refractivity contribution >= 4 is 5.71 Å². The lowest BCUT2D eigenvalue weighted by atomic mass is 9.50. The van der Waals surface area contributed by atoms with Gasteiger partial charge in [0.05, 0.1) is 5.60 Å². The standard InChI is InChI=1S/C20H33NO/c1-19(22)10-8-14-13(12-19)4-5-16-15(14)9-11-20(2)17(16)6-7-18(20)21-3/h13-17,22H,4-12H2,1-3H3/b21-18-/t13-,14+,15?,16?,17?,19-,20+/m1/s1. The third-order valence-corrected chi connectivity index (χ3v) is 8.25. The molecule has 7 atom stereocenters. The summed E-state index contributed by atoms with van der Waals surface area (Å²) in [5.41, 5.74) is 1.56. The van der Waals surface area contributed by atoms with Crippen LogP contribution in [0, 0.1) is 35.0 Å². The highest BCUT2D eigenvalue weighted by atomic mass is 16.3. The summed E-state index contributed by atoms with van der Waals surface area (Å²) < 4.78 is 0. The fraction of sp³-hybridized carbons (Fsp3) is 0.950. The number of fused-ring (bicyclic) bond motifs is 5. The molecule has 1 N–H and O–H groups in total. The minimum atomic E-state index is -0.382. The lowest BCUT2D eigenvalue weighted by Gasteiger charge is -2.56. The normalized spacial score (nSPS) is 56.4. The van der Waals surface area contributed by atoms with Crippen LogP contribution in [0.25, 0.3) is 0 Å². The molecule has 4 saturated carbocycles. The number of hydrogen-bond acceptors (Lipinski definition) is 2. The van der Waals surface area contributed by atoms with Crippen molar-refractivity contribution < 1.29 is 5.11 Å². The highest BCUT2D eigenvalue weighted by Gasteiger charge is 2.56. The Morgan fingerprint density at radius 1 is 0.955 bits per heavy atom. The fourth-order valence-corrected chi connectivity index (χ4v) is 7.24. The van der Waals surface area contributed by atoms with Gasteiger partial charge in [0.25, 0.3) is 0 Å². The van der Waals surface area contributed by atoms with Crippen molar-refractivity contribution in [3.63, 3.8) is 0 Å². The van der Waals surface area contributed by atoms with Crippen LogP contribution >= 0.6 is 0 Å². The predicted molar refractivity (Wildman–Crippen MR) is 91.1 cm³/mol. The molecule has 0 saturated heterocycles. The van der Waals surface area contributed by atoms with Crippen molar-refractivity contribution in [1.29, 1.82) is 0 Å². The van der Waals surface area contributed by atoms with E-state index in [1.54, 1.807) is 0 Å². The second-order valence-corrected chi connectivity index (χ2v) is 9.34. The van der Waals surface area contributed by atoms with Gasteiger partial charge in [-0.1, -0.05) is 6.92 Å². The van der Waals surface area contributed by atoms with Crippen molar-refractivity contribution in [1.82, 2.24) is 0 Å². The van der Waals surface area contributed by atoms with Crippen molar-refractivity contribution in [2.75, 3.05) is 7.05 Å². The zero-order valence-corrected chi connectivity index (χ0v) is 14.6. The van der Waals surface area contributed by atoms with Crippen LogP contribution < -0.4 is 0 Å². The second kappa shape index (κ2) is 5.06. The molecule has 0 aromatic carbocycles. The van der Waals surface area contributed by atoms with Gasteiger partial charge in [-0.2, -0.15) is 0 Å². The second-order valence-electron chi connectivity index (χ2n) is 9.34. The van der Waals surface area contributed by atoms with Gasteiger partial charge in [-0.05, 0) is 94.3 Å². The van der Waals surface area contributed by atoms with E-state index < -0.39 is 0 Å². The monoisotopic (exact) mass is 303 g/mol. The van der Waals surface area contributed by atoms with E-state index in [1.165, 1.54) is 50.7 Å². The lowest BCUT2D eigenvalue weighted by molar-refractivity contribution is -0.0875. The topological polar surface area (TPSA) is 32.6 Å². The number of aliphatic imine (C=N–C) groups is 1. The Hall–Kier alpha value is -0.370. The van der Waals surface area contributed by atoms with E-state index in [0.29, 0.717) is 5.41 Å². The molecular formula is C20H33NO. The molecule has 4 aliphatic carbocycles. The maximum Gasteiger partial charge on any atom is 0.0622 e. The first-order valence-electron chi connectivity index (χ1n) is 9.63. The predicted octanol–water partition coefficient (Wildman–Crippen LogP) is 4.46. The van der Waals surface area contributed by atoms with Gasteiger partial charge >= 0.3 is 0 Å². The minimum Gasteiger partial charge on any atom is -0.390 e. The van der Waals surface area contributed by atoms with Gasteiger partial charge in [-0.15, -0.1) is 0 Å². The molecule has 2 nitrogen and oxygen atoms in total. The summed E-state index contributed by atoms with van der Waals surface area (Å²) in [5.74, 6) is 4.50. The Kier molecular flexibility index (Phi) is 3.49. The minimum absolute atomic E-state index is 0.382. The fourth-order valence-electron chi connectivity index (χ4n) is 7.24. The van der Waals surface area contributed by atoms with Gasteiger partial charge in [0.2, 0.25) is 0 Å². The van der Waals surface area contributed by atoms with Crippen LogP contribution in [0.15, 0.2) is 4.99 Å². The molecule has 0 bridgehead atoms. The van der Waals surface area contributed by atoms with Crippen LogP contribution in [0.2, 0.25) is 0 Å². The van der Waals surface area contributed by atoms with E-state index in [0.717, 1.165) is 42.4 Å². The Morgan fingerprint density at radius 3 is 2.50 bits per heavy atom. The van der Waals surface area contributed by atoms with Crippen molar-refractivity contribution in [3.05, 3.63) is 0 Å². The molecule has 22 heavy (non-hydrogen) atoms. The zero-order chi connectivity index (χ0) is 15.5. The average molecular weight is 303 g/mol. The average Bonchev–Trinajstić information content (AvgIpc) is 2.82. The summed E-state index contributed by atoms with van der Waals surface area (Å²) in [6, 6.07) is 0. The van der Waals surface area contributed by atoms with Crippen LogP contribution in [0.3, 0.4) is 0 Å². The largest absolute Gasteiger partial charge is 0.390 e. The summed E-state index contributed by atoms with van der Waals surface area (Å²) in [6.45, 7) is 4.58. The van der Waals surface area contributed by atoms with Gasteiger partial charge in [-0.25, -0.2) is 0 Å². The molecule has 0 amide bonds. The molecular weight excluding hydrogens is 270 g/mol. The molecule has 4 fully saturated rings. The van der Waals surface area contributed by atoms with E-state index in [-0.39, 0.29) is 5.60 Å². The van der Waals surface area contributed by atoms with Crippen LogP contribution in [0.4, 0.5) is 0 Å². The van der Waals surface area contributed by atoms with Gasteiger partial charge in [-0.3, -0.25) is 4.99 Å². The molecule has 0 aliphatic heterocycles. The summed E-state index contributed by atoms with van der Waals surface area (Å²) in [4.78, 5) is 4.67. The van der Waals surface area contributed by atoms with E-state index in [2.05, 4.69) is 18.8 Å². The van der Waals surface area contributed by atoms with Crippen molar-refractivity contribution in [3.8, 4) is 0 Å². The Morgan fingerprint density at radius 2 is 1.73 bits per heavy atom. The third kappa shape index (κ3) is 2.12. The van der Waals surface area contributed by atoms with Crippen LogP contribution in [-0.2, 0) is 0 Å². The van der Waals surface area contributed by atoms with Crippen LogP contribution in [0.5, 0.6) is 0 Å². The van der Waals surface area contributed by atoms with E-state index in [4.69, 9.17) is 0 Å². The summed E-state index contributed by atoms with van der Waals surface area (Å²) in [7, 11) is 2.01. The highest BCUT2D eigenvalue weighted by Crippen LogP contribution is 2.62. The van der Waals surface area contributed by atoms with E-state index in [9.17, 15) is 5.11 Å². The van der Waals surface area contributed by atoms with Gasteiger partial charge < -0.3 is 5.11 Å². The Bertz CT molecular complexity index is 482. The molecule has 4 rings (SSSR count). The number of aliphatic hydroxyl groups is 1. The van der Waals surface area contributed by atoms with Gasteiger partial charge in [0.1, 0.15) is 0 Å². The Balaban J connectivity index is 1.57. The lowest BCUT2D eigenvalue weighted by Crippen LogP contribution is -2.50. The molecule has 0 heterocycles. The first-order valence-corrected chi connectivity index (χ1v) is 9.63. The number of nitrogens with zero attached hydrogens (tertiary/aromatic N) is 1. The maximum atomic E-state index is 10.5. The van der Waals surface area contributed by atoms with Crippen LogP contribution in [-0.4, -0.2) is 23.5 Å². The molecule has 0 aromatic rings. The Labute approximate surface area is 135 Å². The van der Waals surface area contributed by atoms with Gasteiger partial charge in [0.15, 0.2) is 0 Å². The van der Waals surface area contributed by atoms with Gasteiger partial charge in [0, 0.05) is 18.2 Å². The molecule has 0 aromatic heterocycles. The summed E-state index contributed by atoms with van der Waals surface area (Å²) in [6.07, 6.45) is 11.6. The quantitative estimate of drug-likeness (QED) is 0.704. The van der Waals surface area contributed by atoms with E-state index in [1.807, 2.05) is 7.05 Å².